The van der Waals surface area contributed by atoms with E-state index in [1.54, 1.807) is 0 Å². The zero-order valence-corrected chi connectivity index (χ0v) is 10.0. The molecule has 1 N–H and O–H groups in total. The summed E-state index contributed by atoms with van der Waals surface area (Å²) in [4.78, 5) is 4.30. The van der Waals surface area contributed by atoms with Crippen molar-refractivity contribution in [3.63, 3.8) is 0 Å². The van der Waals surface area contributed by atoms with Crippen LogP contribution in [0.5, 0.6) is 0 Å². The molecule has 1 heterocycles. The molecule has 1 aromatic rings. The van der Waals surface area contributed by atoms with Crippen molar-refractivity contribution in [1.82, 2.24) is 14.9 Å². The molecule has 16 heavy (non-hydrogen) atoms. The van der Waals surface area contributed by atoms with Crippen molar-refractivity contribution >= 4 is 0 Å². The lowest BCUT2D eigenvalue weighted by Crippen LogP contribution is -2.16. The Morgan fingerprint density at radius 3 is 2.94 bits per heavy atom. The minimum absolute atomic E-state index is 0.834. The fourth-order valence-electron chi connectivity index (χ4n) is 1.74. The van der Waals surface area contributed by atoms with Gasteiger partial charge in [0.05, 0.1) is 0 Å². The summed E-state index contributed by atoms with van der Waals surface area (Å²) in [6, 6.07) is 0.834. The van der Waals surface area contributed by atoms with Crippen LogP contribution in [0.1, 0.15) is 31.5 Å². The molecule has 0 spiro atoms. The third-order valence-electron chi connectivity index (χ3n) is 2.94. The van der Waals surface area contributed by atoms with Gasteiger partial charge in [-0.05, 0) is 32.2 Å². The Morgan fingerprint density at radius 1 is 1.44 bits per heavy atom. The van der Waals surface area contributed by atoms with Gasteiger partial charge >= 0.3 is 0 Å². The van der Waals surface area contributed by atoms with E-state index < -0.39 is 0 Å². The minimum atomic E-state index is 0.834. The predicted octanol–water partition coefficient (Wildman–Crippen LogP) is 2.05. The van der Waals surface area contributed by atoms with Crippen molar-refractivity contribution in [2.45, 2.75) is 38.1 Å². The standard InChI is InChI=1S/C13H21N3/c1-16-11-10-15-13(16)6-4-2-3-5-9-14-12-7-8-12/h2-3,10-12,14H,4-9H2,1H3/b3-2+. The monoisotopic (exact) mass is 219 g/mol. The molecule has 1 aliphatic carbocycles. The van der Waals surface area contributed by atoms with E-state index in [-0.39, 0.29) is 0 Å². The van der Waals surface area contributed by atoms with Crippen molar-refractivity contribution in [2.75, 3.05) is 6.54 Å². The minimum Gasteiger partial charge on any atom is -0.338 e. The lowest BCUT2D eigenvalue weighted by Gasteiger charge is -1.99. The largest absolute Gasteiger partial charge is 0.338 e. The summed E-state index contributed by atoms with van der Waals surface area (Å²) < 4.78 is 2.09. The van der Waals surface area contributed by atoms with Crippen LogP contribution in [0.2, 0.25) is 0 Å². The molecule has 88 valence electrons. The van der Waals surface area contributed by atoms with Crippen LogP contribution < -0.4 is 5.32 Å². The van der Waals surface area contributed by atoms with Gasteiger partial charge in [-0.25, -0.2) is 4.98 Å². The van der Waals surface area contributed by atoms with Crippen LogP contribution in [0.15, 0.2) is 24.5 Å². The number of allylic oxidation sites excluding steroid dienone is 1. The van der Waals surface area contributed by atoms with Gasteiger partial charge in [0.2, 0.25) is 0 Å². The molecule has 3 heteroatoms. The van der Waals surface area contributed by atoms with Crippen molar-refractivity contribution in [3.8, 4) is 0 Å². The Balaban J connectivity index is 1.53. The quantitative estimate of drug-likeness (QED) is 0.562. The van der Waals surface area contributed by atoms with E-state index in [0.29, 0.717) is 0 Å². The summed E-state index contributed by atoms with van der Waals surface area (Å²) in [5, 5.41) is 3.50. The number of hydrogen-bond acceptors (Lipinski definition) is 2. The maximum atomic E-state index is 4.30. The van der Waals surface area contributed by atoms with E-state index in [1.807, 2.05) is 19.4 Å². The summed E-state index contributed by atoms with van der Waals surface area (Å²) in [5.41, 5.74) is 0. The fraction of sp³-hybridized carbons (Fsp3) is 0.615. The van der Waals surface area contributed by atoms with Gasteiger partial charge in [0.25, 0.3) is 0 Å². The third kappa shape index (κ3) is 3.81. The predicted molar refractivity (Wildman–Crippen MR) is 66.3 cm³/mol. The van der Waals surface area contributed by atoms with Gasteiger partial charge in [0, 0.05) is 31.9 Å². The van der Waals surface area contributed by atoms with E-state index in [4.69, 9.17) is 0 Å². The first-order chi connectivity index (χ1) is 7.86. The zero-order valence-electron chi connectivity index (χ0n) is 10.0. The molecule has 0 amide bonds. The van der Waals surface area contributed by atoms with Crippen LogP contribution in [-0.2, 0) is 13.5 Å². The molecule has 0 aliphatic heterocycles. The Bertz CT molecular complexity index is 337. The van der Waals surface area contributed by atoms with Gasteiger partial charge in [-0.1, -0.05) is 12.2 Å². The Kier molecular flexibility index (Phi) is 4.17. The Morgan fingerprint density at radius 2 is 2.25 bits per heavy atom. The van der Waals surface area contributed by atoms with E-state index in [9.17, 15) is 0 Å². The van der Waals surface area contributed by atoms with Crippen LogP contribution >= 0.6 is 0 Å². The summed E-state index contributed by atoms with van der Waals surface area (Å²) in [7, 11) is 2.05. The first-order valence-corrected chi connectivity index (χ1v) is 6.21. The van der Waals surface area contributed by atoms with Gasteiger partial charge in [0.15, 0.2) is 0 Å². The summed E-state index contributed by atoms with van der Waals surface area (Å²) in [6.07, 6.45) is 14.4. The average Bonchev–Trinajstić information content (AvgIpc) is 3.01. The molecule has 2 rings (SSSR count). The summed E-state index contributed by atoms with van der Waals surface area (Å²) in [6.45, 7) is 1.13. The molecule has 0 bridgehead atoms. The molecule has 3 nitrogen and oxygen atoms in total. The molecule has 0 unspecified atom stereocenters. The molecule has 0 saturated heterocycles. The molecular formula is C13H21N3. The summed E-state index contributed by atoms with van der Waals surface area (Å²) >= 11 is 0. The van der Waals surface area contributed by atoms with Crippen molar-refractivity contribution < 1.29 is 0 Å². The SMILES string of the molecule is Cn1ccnc1CC/C=C/CCNC1CC1. The van der Waals surface area contributed by atoms with Gasteiger partial charge in [0.1, 0.15) is 5.82 Å². The smallest absolute Gasteiger partial charge is 0.108 e. The van der Waals surface area contributed by atoms with Crippen molar-refractivity contribution in [1.29, 1.82) is 0 Å². The van der Waals surface area contributed by atoms with E-state index >= 15 is 0 Å². The number of aromatic nitrogens is 2. The number of aryl methyl sites for hydroxylation is 2. The van der Waals surface area contributed by atoms with E-state index in [1.165, 1.54) is 18.7 Å². The second-order valence-corrected chi connectivity index (χ2v) is 4.48. The van der Waals surface area contributed by atoms with Crippen LogP contribution in [-0.4, -0.2) is 22.1 Å². The van der Waals surface area contributed by atoms with Gasteiger partial charge in [-0.3, -0.25) is 0 Å². The molecule has 1 fully saturated rings. The van der Waals surface area contributed by atoms with Crippen LogP contribution in [0.4, 0.5) is 0 Å². The topological polar surface area (TPSA) is 29.9 Å². The molecule has 0 radical (unpaired) electrons. The molecule has 0 atom stereocenters. The fourth-order valence-corrected chi connectivity index (χ4v) is 1.74. The maximum absolute atomic E-state index is 4.30. The van der Waals surface area contributed by atoms with Crippen LogP contribution in [0, 0.1) is 0 Å². The maximum Gasteiger partial charge on any atom is 0.108 e. The normalized spacial score (nSPS) is 16.1. The molecular weight excluding hydrogens is 198 g/mol. The Hall–Kier alpha value is -1.09. The highest BCUT2D eigenvalue weighted by atomic mass is 15.0. The van der Waals surface area contributed by atoms with Crippen molar-refractivity contribution in [2.24, 2.45) is 7.05 Å². The van der Waals surface area contributed by atoms with E-state index in [0.717, 1.165) is 31.8 Å². The number of rotatable bonds is 7. The lowest BCUT2D eigenvalue weighted by molar-refractivity contribution is 0.689. The highest BCUT2D eigenvalue weighted by Gasteiger charge is 2.19. The number of nitrogens with one attached hydrogen (secondary N) is 1. The van der Waals surface area contributed by atoms with Gasteiger partial charge in [-0.2, -0.15) is 0 Å². The zero-order chi connectivity index (χ0) is 11.2. The number of imidazole rings is 1. The average molecular weight is 219 g/mol. The highest BCUT2D eigenvalue weighted by Crippen LogP contribution is 2.18. The number of hydrogen-bond donors (Lipinski definition) is 1. The molecule has 1 saturated carbocycles. The third-order valence-corrected chi connectivity index (χ3v) is 2.94. The van der Waals surface area contributed by atoms with Gasteiger partial charge in [-0.15, -0.1) is 0 Å². The highest BCUT2D eigenvalue weighted by molar-refractivity contribution is 4.94. The first-order valence-electron chi connectivity index (χ1n) is 6.21. The molecule has 1 aromatic heterocycles. The molecule has 0 aromatic carbocycles. The first kappa shape index (κ1) is 11.4. The van der Waals surface area contributed by atoms with Crippen LogP contribution in [0.3, 0.4) is 0 Å². The Labute approximate surface area is 97.6 Å². The van der Waals surface area contributed by atoms with Crippen molar-refractivity contribution in [3.05, 3.63) is 30.4 Å². The second kappa shape index (κ2) is 5.85. The summed E-state index contributed by atoms with van der Waals surface area (Å²) in [5.74, 6) is 1.17. The lowest BCUT2D eigenvalue weighted by atomic mass is 10.2. The second-order valence-electron chi connectivity index (χ2n) is 4.48. The van der Waals surface area contributed by atoms with E-state index in [2.05, 4.69) is 27.0 Å². The number of nitrogens with zero attached hydrogens (tertiary/aromatic N) is 2. The van der Waals surface area contributed by atoms with Gasteiger partial charge < -0.3 is 9.88 Å². The van der Waals surface area contributed by atoms with Crippen LogP contribution in [0.25, 0.3) is 0 Å². The molecule has 1 aliphatic rings.